The SMILES string of the molecule is O=C(Nc1ccc(-n2ccc3ccc(Br)cc3c2=O)cc1)NS(=O)(=O)c1ccc(Cl)s1. The third kappa shape index (κ3) is 4.67. The number of anilines is 1. The number of sulfonamides is 1. The molecular formula is C20H13BrClN3O4S2. The molecule has 4 rings (SSSR count). The average Bonchev–Trinajstić information content (AvgIpc) is 3.16. The minimum absolute atomic E-state index is 0.0645. The topological polar surface area (TPSA) is 97.3 Å². The summed E-state index contributed by atoms with van der Waals surface area (Å²) in [7, 11) is -4.02. The minimum atomic E-state index is -4.02. The van der Waals surface area contributed by atoms with Crippen molar-refractivity contribution in [2.75, 3.05) is 5.32 Å². The van der Waals surface area contributed by atoms with Crippen LogP contribution in [0.3, 0.4) is 0 Å². The summed E-state index contributed by atoms with van der Waals surface area (Å²) in [5.41, 5.74) is 0.772. The Hall–Kier alpha value is -2.66. The fourth-order valence-corrected chi connectivity index (χ4v) is 5.64. The van der Waals surface area contributed by atoms with E-state index in [0.717, 1.165) is 21.2 Å². The molecule has 0 aliphatic heterocycles. The van der Waals surface area contributed by atoms with E-state index in [9.17, 15) is 18.0 Å². The predicted molar refractivity (Wildman–Crippen MR) is 126 cm³/mol. The van der Waals surface area contributed by atoms with Crippen molar-refractivity contribution in [1.82, 2.24) is 9.29 Å². The number of halogens is 2. The average molecular weight is 539 g/mol. The Morgan fingerprint density at radius 3 is 2.45 bits per heavy atom. The lowest BCUT2D eigenvalue weighted by Gasteiger charge is -2.10. The molecule has 0 saturated carbocycles. The first kappa shape index (κ1) is 21.6. The van der Waals surface area contributed by atoms with Crippen molar-refractivity contribution in [3.05, 3.63) is 86.0 Å². The fourth-order valence-electron chi connectivity index (χ4n) is 2.89. The van der Waals surface area contributed by atoms with Crippen molar-refractivity contribution < 1.29 is 13.2 Å². The zero-order valence-electron chi connectivity index (χ0n) is 15.5. The lowest BCUT2D eigenvalue weighted by molar-refractivity contribution is 0.256. The maximum atomic E-state index is 12.8. The number of carbonyl (C=O) groups excluding carboxylic acids is 1. The van der Waals surface area contributed by atoms with E-state index in [0.29, 0.717) is 21.1 Å². The minimum Gasteiger partial charge on any atom is -0.307 e. The first-order chi connectivity index (χ1) is 14.7. The summed E-state index contributed by atoms with van der Waals surface area (Å²) in [6, 6.07) is 15.6. The molecule has 0 unspecified atom stereocenters. The van der Waals surface area contributed by atoms with Crippen LogP contribution in [0.25, 0.3) is 16.5 Å². The highest BCUT2D eigenvalue weighted by Gasteiger charge is 2.19. The number of hydrogen-bond donors (Lipinski definition) is 2. The molecule has 2 amide bonds. The van der Waals surface area contributed by atoms with Gasteiger partial charge in [-0.25, -0.2) is 17.9 Å². The number of urea groups is 1. The van der Waals surface area contributed by atoms with E-state index in [1.807, 2.05) is 22.9 Å². The molecule has 0 atom stereocenters. The lowest BCUT2D eigenvalue weighted by Crippen LogP contribution is -2.33. The second kappa shape index (κ2) is 8.46. The Balaban J connectivity index is 1.52. The zero-order valence-corrected chi connectivity index (χ0v) is 19.5. The van der Waals surface area contributed by atoms with Gasteiger partial charge in [-0.3, -0.25) is 9.36 Å². The van der Waals surface area contributed by atoms with Gasteiger partial charge in [-0.05, 0) is 60.0 Å². The van der Waals surface area contributed by atoms with Gasteiger partial charge in [0.05, 0.1) is 4.34 Å². The fraction of sp³-hybridized carbons (Fsp3) is 0. The Morgan fingerprint density at radius 2 is 1.77 bits per heavy atom. The molecule has 0 fully saturated rings. The van der Waals surface area contributed by atoms with Gasteiger partial charge in [0.15, 0.2) is 0 Å². The number of pyridine rings is 1. The van der Waals surface area contributed by atoms with E-state index < -0.39 is 16.1 Å². The van der Waals surface area contributed by atoms with Gasteiger partial charge in [-0.2, -0.15) is 0 Å². The van der Waals surface area contributed by atoms with E-state index in [1.165, 1.54) is 16.7 Å². The summed E-state index contributed by atoms with van der Waals surface area (Å²) >= 11 is 9.97. The monoisotopic (exact) mass is 537 g/mol. The van der Waals surface area contributed by atoms with Crippen LogP contribution in [0, 0.1) is 0 Å². The van der Waals surface area contributed by atoms with Gasteiger partial charge < -0.3 is 5.32 Å². The zero-order chi connectivity index (χ0) is 22.2. The Labute approximate surface area is 194 Å². The van der Waals surface area contributed by atoms with Crippen LogP contribution in [0.15, 0.2) is 80.3 Å². The van der Waals surface area contributed by atoms with Crippen LogP contribution in [-0.2, 0) is 10.0 Å². The second-order valence-corrected chi connectivity index (χ2v) is 10.9. The smallest absolute Gasteiger partial charge is 0.307 e. The summed E-state index contributed by atoms with van der Waals surface area (Å²) in [4.78, 5) is 24.9. The van der Waals surface area contributed by atoms with Gasteiger partial charge in [0.25, 0.3) is 15.6 Å². The summed E-state index contributed by atoms with van der Waals surface area (Å²) in [5, 5.41) is 3.85. The Kier molecular flexibility index (Phi) is 5.89. The molecule has 2 aromatic carbocycles. The number of carbonyl (C=O) groups is 1. The second-order valence-electron chi connectivity index (χ2n) is 6.39. The van der Waals surface area contributed by atoms with Crippen molar-refractivity contribution in [3.63, 3.8) is 0 Å². The molecule has 2 heterocycles. The van der Waals surface area contributed by atoms with Crippen molar-refractivity contribution >= 4 is 71.4 Å². The number of thiophene rings is 1. The van der Waals surface area contributed by atoms with E-state index in [2.05, 4.69) is 21.2 Å². The van der Waals surface area contributed by atoms with Gasteiger partial charge in [-0.15, -0.1) is 11.3 Å². The number of nitrogens with one attached hydrogen (secondary N) is 2. The van der Waals surface area contributed by atoms with Crippen LogP contribution < -0.4 is 15.6 Å². The van der Waals surface area contributed by atoms with Crippen LogP contribution in [0.2, 0.25) is 4.34 Å². The van der Waals surface area contributed by atoms with E-state index in [1.54, 1.807) is 36.5 Å². The highest BCUT2D eigenvalue weighted by molar-refractivity contribution is 9.10. The molecule has 0 radical (unpaired) electrons. The molecule has 11 heteroatoms. The quantitative estimate of drug-likeness (QED) is 0.383. The maximum Gasteiger partial charge on any atom is 0.333 e. The molecule has 0 aliphatic carbocycles. The number of amides is 2. The third-order valence-electron chi connectivity index (χ3n) is 4.31. The van der Waals surface area contributed by atoms with Crippen LogP contribution in [0.5, 0.6) is 0 Å². The number of nitrogens with zero attached hydrogens (tertiary/aromatic N) is 1. The molecule has 31 heavy (non-hydrogen) atoms. The van der Waals surface area contributed by atoms with Crippen LogP contribution in [-0.4, -0.2) is 19.0 Å². The van der Waals surface area contributed by atoms with Gasteiger partial charge in [0.2, 0.25) is 0 Å². The van der Waals surface area contributed by atoms with E-state index >= 15 is 0 Å². The highest BCUT2D eigenvalue weighted by Crippen LogP contribution is 2.25. The van der Waals surface area contributed by atoms with Crippen molar-refractivity contribution in [3.8, 4) is 5.69 Å². The van der Waals surface area contributed by atoms with Crippen molar-refractivity contribution in [2.24, 2.45) is 0 Å². The summed E-state index contributed by atoms with van der Waals surface area (Å²) in [6.07, 6.45) is 1.67. The predicted octanol–water partition coefficient (Wildman–Crippen LogP) is 4.98. The first-order valence-electron chi connectivity index (χ1n) is 8.73. The van der Waals surface area contributed by atoms with Crippen LogP contribution in [0.1, 0.15) is 0 Å². The van der Waals surface area contributed by atoms with Gasteiger partial charge in [-0.1, -0.05) is 33.6 Å². The Morgan fingerprint density at radius 1 is 1.03 bits per heavy atom. The largest absolute Gasteiger partial charge is 0.333 e. The van der Waals surface area contributed by atoms with Crippen LogP contribution >= 0.6 is 38.9 Å². The summed E-state index contributed by atoms with van der Waals surface area (Å²) < 4.78 is 28.8. The number of benzene rings is 2. The van der Waals surface area contributed by atoms with Crippen molar-refractivity contribution in [2.45, 2.75) is 4.21 Å². The molecule has 158 valence electrons. The third-order valence-corrected chi connectivity index (χ3v) is 7.86. The van der Waals surface area contributed by atoms with Gasteiger partial charge in [0.1, 0.15) is 4.21 Å². The molecule has 2 aromatic heterocycles. The van der Waals surface area contributed by atoms with Crippen LogP contribution in [0.4, 0.5) is 10.5 Å². The van der Waals surface area contributed by atoms with E-state index in [4.69, 9.17) is 11.6 Å². The lowest BCUT2D eigenvalue weighted by atomic mass is 10.1. The molecular weight excluding hydrogens is 526 g/mol. The molecule has 7 nitrogen and oxygen atoms in total. The standard InChI is InChI=1S/C20H13BrClN3O4S2/c21-13-2-1-12-9-10-25(19(26)16(12)11-13)15-5-3-14(4-6-15)23-20(27)24-31(28,29)18-8-7-17(22)30-18/h1-11H,(H2,23,24,27). The number of rotatable bonds is 4. The summed E-state index contributed by atoms with van der Waals surface area (Å²) in [5.74, 6) is 0. The molecule has 0 bridgehead atoms. The molecule has 2 N–H and O–H groups in total. The molecule has 0 aliphatic rings. The highest BCUT2D eigenvalue weighted by atomic mass is 79.9. The number of hydrogen-bond acceptors (Lipinski definition) is 5. The van der Waals surface area contributed by atoms with E-state index in [-0.39, 0.29) is 9.77 Å². The first-order valence-corrected chi connectivity index (χ1v) is 12.2. The van der Waals surface area contributed by atoms with Gasteiger partial charge >= 0.3 is 6.03 Å². The molecule has 4 aromatic rings. The van der Waals surface area contributed by atoms with Gasteiger partial charge in [0, 0.05) is 27.4 Å². The maximum absolute atomic E-state index is 12.8. The number of fused-ring (bicyclic) bond motifs is 1. The van der Waals surface area contributed by atoms with Crippen molar-refractivity contribution in [1.29, 1.82) is 0 Å². The molecule has 0 spiro atoms. The summed E-state index contributed by atoms with van der Waals surface area (Å²) in [6.45, 7) is 0. The normalized spacial score (nSPS) is 11.4. The number of aromatic nitrogens is 1. The molecule has 0 saturated heterocycles. The Bertz CT molecular complexity index is 1460.